The predicted octanol–water partition coefficient (Wildman–Crippen LogP) is 1.91. The number of aromatic nitrogens is 1. The Morgan fingerprint density at radius 2 is 2.14 bits per heavy atom. The molecule has 112 valence electrons. The summed E-state index contributed by atoms with van der Waals surface area (Å²) in [5.74, 6) is 0.229. The molecule has 21 heavy (non-hydrogen) atoms. The number of carbonyl (C=O) groups excluding carboxylic acids is 1. The van der Waals surface area contributed by atoms with E-state index in [-0.39, 0.29) is 15.2 Å². The van der Waals surface area contributed by atoms with Crippen LogP contribution in [0.15, 0.2) is 34.7 Å². The van der Waals surface area contributed by atoms with Crippen LogP contribution in [0, 0.1) is 0 Å². The minimum Gasteiger partial charge on any atom is -0.497 e. The second kappa shape index (κ2) is 6.10. The second-order valence-corrected chi connectivity index (χ2v) is 6.94. The zero-order chi connectivity index (χ0) is 15.5. The fourth-order valence-corrected chi connectivity index (χ4v) is 3.61. The Bertz CT molecular complexity index is 755. The van der Waals surface area contributed by atoms with Crippen molar-refractivity contribution in [1.82, 2.24) is 4.98 Å². The molecule has 1 amide bonds. The number of hydrogen-bond donors (Lipinski definition) is 2. The summed E-state index contributed by atoms with van der Waals surface area (Å²) in [5.41, 5.74) is 0.379. The van der Waals surface area contributed by atoms with Crippen LogP contribution >= 0.6 is 11.3 Å². The van der Waals surface area contributed by atoms with Crippen molar-refractivity contribution in [2.24, 2.45) is 0 Å². The second-order valence-electron chi connectivity index (χ2n) is 4.00. The van der Waals surface area contributed by atoms with Crippen molar-refractivity contribution in [2.45, 2.75) is 11.1 Å². The van der Waals surface area contributed by atoms with E-state index in [0.29, 0.717) is 11.4 Å². The van der Waals surface area contributed by atoms with Crippen LogP contribution in [0.5, 0.6) is 5.75 Å². The van der Waals surface area contributed by atoms with Gasteiger partial charge < -0.3 is 10.1 Å². The Balaban J connectivity index is 2.21. The minimum atomic E-state index is -3.75. The summed E-state index contributed by atoms with van der Waals surface area (Å²) in [6, 6.07) is 6.55. The van der Waals surface area contributed by atoms with Crippen LogP contribution in [0.3, 0.4) is 0 Å². The average Bonchev–Trinajstić information content (AvgIpc) is 2.87. The van der Waals surface area contributed by atoms with Gasteiger partial charge >= 0.3 is 0 Å². The van der Waals surface area contributed by atoms with Gasteiger partial charge in [0, 0.05) is 13.0 Å². The number of thiazole rings is 1. The summed E-state index contributed by atoms with van der Waals surface area (Å²) in [4.78, 5) is 14.8. The summed E-state index contributed by atoms with van der Waals surface area (Å²) in [5, 5.41) is 2.67. The Hall–Kier alpha value is -2.13. The molecule has 2 rings (SSSR count). The van der Waals surface area contributed by atoms with Gasteiger partial charge in [-0.25, -0.2) is 13.4 Å². The minimum absolute atomic E-state index is 0.00840. The van der Waals surface area contributed by atoms with Crippen LogP contribution in [0.1, 0.15) is 6.92 Å². The first-order valence-electron chi connectivity index (χ1n) is 5.81. The number of hydrogen-bond acceptors (Lipinski definition) is 6. The predicted molar refractivity (Wildman–Crippen MR) is 80.2 cm³/mol. The molecule has 0 bridgehead atoms. The summed E-state index contributed by atoms with van der Waals surface area (Å²) in [6.45, 7) is 1.32. The zero-order valence-electron chi connectivity index (χ0n) is 11.3. The van der Waals surface area contributed by atoms with Gasteiger partial charge in [-0.3, -0.25) is 9.52 Å². The number of benzene rings is 1. The van der Waals surface area contributed by atoms with Gasteiger partial charge in [-0.2, -0.15) is 0 Å². The third-order valence-corrected chi connectivity index (χ3v) is 5.11. The first kappa shape index (κ1) is 15.3. The van der Waals surface area contributed by atoms with E-state index in [1.54, 1.807) is 24.3 Å². The molecule has 2 aromatic rings. The van der Waals surface area contributed by atoms with Gasteiger partial charge in [0.25, 0.3) is 10.0 Å². The van der Waals surface area contributed by atoms with Crippen molar-refractivity contribution >= 4 is 38.1 Å². The van der Waals surface area contributed by atoms with Crippen molar-refractivity contribution in [3.05, 3.63) is 30.5 Å². The molecule has 2 N–H and O–H groups in total. The van der Waals surface area contributed by atoms with Crippen LogP contribution in [0.2, 0.25) is 0 Å². The number of sulfonamides is 1. The standard InChI is InChI=1S/C12H13N3O4S2/c1-8(16)14-12-13-7-11(20-12)21(17,18)15-9-4-3-5-10(6-9)19-2/h3-7,15H,1-2H3,(H,13,14,16). The van der Waals surface area contributed by atoms with E-state index in [1.807, 2.05) is 0 Å². The van der Waals surface area contributed by atoms with Crippen LogP contribution in [-0.2, 0) is 14.8 Å². The summed E-state index contributed by atoms with van der Waals surface area (Å²) in [7, 11) is -2.26. The monoisotopic (exact) mass is 327 g/mol. The third-order valence-electron chi connectivity index (χ3n) is 2.35. The average molecular weight is 327 g/mol. The maximum Gasteiger partial charge on any atom is 0.273 e. The normalized spacial score (nSPS) is 11.0. The van der Waals surface area contributed by atoms with Gasteiger partial charge in [-0.1, -0.05) is 17.4 Å². The van der Waals surface area contributed by atoms with Gasteiger partial charge in [0.05, 0.1) is 19.0 Å². The van der Waals surface area contributed by atoms with Crippen molar-refractivity contribution in [1.29, 1.82) is 0 Å². The number of amides is 1. The number of ether oxygens (including phenoxy) is 1. The molecule has 0 aliphatic heterocycles. The topological polar surface area (TPSA) is 97.4 Å². The van der Waals surface area contributed by atoms with E-state index >= 15 is 0 Å². The van der Waals surface area contributed by atoms with Crippen LogP contribution in [-0.4, -0.2) is 26.4 Å². The lowest BCUT2D eigenvalue weighted by Gasteiger charge is -2.07. The van der Waals surface area contributed by atoms with Gasteiger partial charge in [0.2, 0.25) is 5.91 Å². The summed E-state index contributed by atoms with van der Waals surface area (Å²) < 4.78 is 31.9. The molecule has 0 atom stereocenters. The first-order chi connectivity index (χ1) is 9.90. The Kier molecular flexibility index (Phi) is 4.43. The lowest BCUT2D eigenvalue weighted by molar-refractivity contribution is -0.114. The van der Waals surface area contributed by atoms with Gasteiger partial charge in [-0.05, 0) is 12.1 Å². The van der Waals surface area contributed by atoms with Crippen LogP contribution < -0.4 is 14.8 Å². The largest absolute Gasteiger partial charge is 0.497 e. The lowest BCUT2D eigenvalue weighted by Crippen LogP contribution is -2.11. The molecule has 1 aromatic carbocycles. The molecule has 1 aromatic heterocycles. The molecule has 9 heteroatoms. The van der Waals surface area contributed by atoms with E-state index in [9.17, 15) is 13.2 Å². The summed E-state index contributed by atoms with van der Waals surface area (Å²) >= 11 is 0.873. The molecule has 0 aliphatic rings. The maximum absolute atomic E-state index is 12.2. The van der Waals surface area contributed by atoms with Gasteiger partial charge in [-0.15, -0.1) is 0 Å². The number of methoxy groups -OCH3 is 1. The number of carbonyl (C=O) groups is 1. The molecule has 0 aliphatic carbocycles. The lowest BCUT2D eigenvalue weighted by atomic mass is 10.3. The quantitative estimate of drug-likeness (QED) is 0.874. The van der Waals surface area contributed by atoms with E-state index in [0.717, 1.165) is 11.3 Å². The van der Waals surface area contributed by atoms with Crippen molar-refractivity contribution in [3.63, 3.8) is 0 Å². The molecule has 0 unspecified atom stereocenters. The van der Waals surface area contributed by atoms with E-state index in [4.69, 9.17) is 4.74 Å². The highest BCUT2D eigenvalue weighted by Gasteiger charge is 2.18. The number of nitrogens with one attached hydrogen (secondary N) is 2. The maximum atomic E-state index is 12.2. The highest BCUT2D eigenvalue weighted by Crippen LogP contribution is 2.26. The molecule has 1 heterocycles. The number of rotatable bonds is 5. The molecular weight excluding hydrogens is 314 g/mol. The fraction of sp³-hybridized carbons (Fsp3) is 0.167. The molecule has 0 saturated heterocycles. The van der Waals surface area contributed by atoms with Crippen molar-refractivity contribution < 1.29 is 17.9 Å². The Labute approximate surface area is 126 Å². The Morgan fingerprint density at radius 3 is 2.81 bits per heavy atom. The fourth-order valence-electron chi connectivity index (χ4n) is 1.48. The first-order valence-corrected chi connectivity index (χ1v) is 8.11. The van der Waals surface area contributed by atoms with E-state index in [2.05, 4.69) is 15.0 Å². The van der Waals surface area contributed by atoms with Gasteiger partial charge in [0.15, 0.2) is 9.34 Å². The molecule has 0 radical (unpaired) electrons. The summed E-state index contributed by atoms with van der Waals surface area (Å²) in [6.07, 6.45) is 1.19. The van der Waals surface area contributed by atoms with Gasteiger partial charge in [0.1, 0.15) is 5.75 Å². The van der Waals surface area contributed by atoms with E-state index < -0.39 is 10.0 Å². The van der Waals surface area contributed by atoms with Crippen molar-refractivity contribution in [2.75, 3.05) is 17.1 Å². The molecule has 7 nitrogen and oxygen atoms in total. The SMILES string of the molecule is COc1cccc(NS(=O)(=O)c2cnc(NC(C)=O)s2)c1. The molecule has 0 saturated carbocycles. The number of nitrogens with zero attached hydrogens (tertiary/aromatic N) is 1. The highest BCUT2D eigenvalue weighted by molar-refractivity contribution is 7.94. The third kappa shape index (κ3) is 3.92. The number of anilines is 2. The zero-order valence-corrected chi connectivity index (χ0v) is 12.9. The van der Waals surface area contributed by atoms with Crippen LogP contribution in [0.4, 0.5) is 10.8 Å². The van der Waals surface area contributed by atoms with E-state index in [1.165, 1.54) is 20.2 Å². The highest BCUT2D eigenvalue weighted by atomic mass is 32.2. The smallest absolute Gasteiger partial charge is 0.273 e. The molecular formula is C12H13N3O4S2. The molecule has 0 spiro atoms. The Morgan fingerprint density at radius 1 is 1.38 bits per heavy atom. The van der Waals surface area contributed by atoms with Crippen LogP contribution in [0.25, 0.3) is 0 Å². The van der Waals surface area contributed by atoms with Crippen molar-refractivity contribution in [3.8, 4) is 5.75 Å². The molecule has 0 fully saturated rings.